The van der Waals surface area contributed by atoms with Gasteiger partial charge in [-0.3, -0.25) is 4.79 Å². The summed E-state index contributed by atoms with van der Waals surface area (Å²) in [7, 11) is -0.401. The number of ether oxygens (including phenoxy) is 1. The Morgan fingerprint density at radius 2 is 1.90 bits per heavy atom. The first-order chi connectivity index (χ1) is 15.0. The molecule has 0 radical (unpaired) electrons. The molecule has 0 aliphatic carbocycles. The third-order valence-corrected chi connectivity index (χ3v) is 4.62. The van der Waals surface area contributed by atoms with Crippen LogP contribution in [-0.4, -0.2) is 49.7 Å². The van der Waals surface area contributed by atoms with Gasteiger partial charge in [0.1, 0.15) is 11.3 Å². The number of aromatic nitrogens is 4. The highest BCUT2D eigenvalue weighted by Crippen LogP contribution is 2.27. The number of fused-ring (bicyclic) bond motifs is 1. The lowest BCUT2D eigenvalue weighted by molar-refractivity contribution is 0.100. The maximum atomic E-state index is 11.8. The van der Waals surface area contributed by atoms with Crippen molar-refractivity contribution in [1.29, 1.82) is 0 Å². The largest absolute Gasteiger partial charge is 0.508 e. The van der Waals surface area contributed by atoms with Gasteiger partial charge in [0.2, 0.25) is 5.95 Å². The lowest BCUT2D eigenvalue weighted by Gasteiger charge is -2.12. The van der Waals surface area contributed by atoms with Crippen molar-refractivity contribution in [2.24, 2.45) is 5.73 Å². The number of nitrogens with one attached hydrogen (secondary N) is 1. The smallest absolute Gasteiger partial charge is 0.468 e. The standard InChI is InChI=1S/C20H19BN6O4/c1-31-20-26-17-13(18(22)28)8-5-9-14(17)27(20)19-24-15(21(29)30)10-16(25-19)23-11-12-6-3-2-4-7-12/h2-10,29-30H,11H2,1H3,(H2,22,28)(H,23,24,25). The highest BCUT2D eigenvalue weighted by atomic mass is 16.5. The number of primary amides is 1. The Balaban J connectivity index is 1.83. The topological polar surface area (TPSA) is 148 Å². The summed E-state index contributed by atoms with van der Waals surface area (Å²) in [6.07, 6.45) is 0. The van der Waals surface area contributed by atoms with Crippen molar-refractivity contribution in [2.75, 3.05) is 12.4 Å². The zero-order valence-electron chi connectivity index (χ0n) is 16.6. The number of amides is 1. The average Bonchev–Trinajstić information content (AvgIpc) is 3.16. The summed E-state index contributed by atoms with van der Waals surface area (Å²) in [6.45, 7) is 0.464. The summed E-state index contributed by atoms with van der Waals surface area (Å²) < 4.78 is 6.84. The van der Waals surface area contributed by atoms with Crippen molar-refractivity contribution in [2.45, 2.75) is 6.54 Å². The van der Waals surface area contributed by atoms with Crippen LogP contribution in [0.3, 0.4) is 0 Å². The van der Waals surface area contributed by atoms with Crippen LogP contribution < -0.4 is 21.4 Å². The second kappa shape index (κ2) is 8.42. The minimum absolute atomic E-state index is 0.0180. The van der Waals surface area contributed by atoms with Gasteiger partial charge in [0, 0.05) is 6.54 Å². The van der Waals surface area contributed by atoms with Gasteiger partial charge in [-0.25, -0.2) is 9.55 Å². The van der Waals surface area contributed by atoms with Crippen LogP contribution in [0.25, 0.3) is 17.0 Å². The summed E-state index contributed by atoms with van der Waals surface area (Å²) >= 11 is 0. The Bertz CT molecular complexity index is 1250. The van der Waals surface area contributed by atoms with Crippen LogP contribution in [0.1, 0.15) is 15.9 Å². The van der Waals surface area contributed by atoms with Gasteiger partial charge in [-0.15, -0.1) is 0 Å². The molecule has 10 nitrogen and oxygen atoms in total. The number of carbonyl (C=O) groups is 1. The fourth-order valence-electron chi connectivity index (χ4n) is 3.17. The predicted octanol–water partition coefficient (Wildman–Crippen LogP) is 0.215. The number of hydrogen-bond donors (Lipinski definition) is 4. The number of benzene rings is 2. The van der Waals surface area contributed by atoms with E-state index in [0.29, 0.717) is 23.4 Å². The molecule has 0 atom stereocenters. The zero-order valence-corrected chi connectivity index (χ0v) is 16.6. The van der Waals surface area contributed by atoms with E-state index in [9.17, 15) is 14.8 Å². The molecule has 4 rings (SSSR count). The number of nitrogens with zero attached hydrogens (tertiary/aromatic N) is 4. The van der Waals surface area contributed by atoms with E-state index in [1.165, 1.54) is 17.7 Å². The maximum absolute atomic E-state index is 11.8. The van der Waals surface area contributed by atoms with Crippen molar-refractivity contribution >= 4 is 35.5 Å². The van der Waals surface area contributed by atoms with E-state index in [1.54, 1.807) is 18.2 Å². The van der Waals surface area contributed by atoms with Gasteiger partial charge >= 0.3 is 13.1 Å². The average molecular weight is 418 g/mol. The van der Waals surface area contributed by atoms with Crippen LogP contribution in [0.15, 0.2) is 54.6 Å². The summed E-state index contributed by atoms with van der Waals surface area (Å²) in [5.41, 5.74) is 7.49. The Morgan fingerprint density at radius 3 is 2.58 bits per heavy atom. The Hall–Kier alpha value is -3.96. The number of rotatable bonds is 7. The molecule has 0 bridgehead atoms. The van der Waals surface area contributed by atoms with E-state index in [0.717, 1.165) is 5.56 Å². The number of imidazole rings is 1. The Morgan fingerprint density at radius 1 is 1.13 bits per heavy atom. The maximum Gasteiger partial charge on any atom is 0.508 e. The number of nitrogens with two attached hydrogens (primary N) is 1. The number of para-hydroxylation sites is 1. The van der Waals surface area contributed by atoms with Crippen LogP contribution in [0.4, 0.5) is 5.82 Å². The van der Waals surface area contributed by atoms with E-state index < -0.39 is 13.0 Å². The summed E-state index contributed by atoms with van der Waals surface area (Å²) in [6, 6.07) is 16.1. The third-order valence-electron chi connectivity index (χ3n) is 4.62. The van der Waals surface area contributed by atoms with Crippen molar-refractivity contribution in [3.05, 3.63) is 65.7 Å². The molecule has 0 fully saturated rings. The molecule has 4 aromatic rings. The van der Waals surface area contributed by atoms with E-state index in [1.807, 2.05) is 30.3 Å². The monoisotopic (exact) mass is 418 g/mol. The van der Waals surface area contributed by atoms with Gasteiger partial charge in [-0.05, 0) is 23.8 Å². The quantitative estimate of drug-likeness (QED) is 0.312. The minimum Gasteiger partial charge on any atom is -0.468 e. The number of methoxy groups -OCH3 is 1. The SMILES string of the molecule is COc1nc2c(C(N)=O)cccc2n1-c1nc(NCc2ccccc2)cc(B(O)O)n1. The van der Waals surface area contributed by atoms with Gasteiger partial charge < -0.3 is 25.8 Å². The first-order valence-corrected chi connectivity index (χ1v) is 9.36. The lowest BCUT2D eigenvalue weighted by atomic mass is 9.86. The fraction of sp³-hybridized carbons (Fsp3) is 0.100. The third kappa shape index (κ3) is 4.04. The fourth-order valence-corrected chi connectivity index (χ4v) is 3.17. The van der Waals surface area contributed by atoms with Gasteiger partial charge in [-0.1, -0.05) is 36.4 Å². The number of hydrogen-bond acceptors (Lipinski definition) is 8. The van der Waals surface area contributed by atoms with Crippen LogP contribution in [0, 0.1) is 0 Å². The molecule has 0 unspecified atom stereocenters. The normalized spacial score (nSPS) is 10.8. The molecule has 0 aliphatic rings. The molecular weight excluding hydrogens is 399 g/mol. The molecule has 2 aromatic carbocycles. The van der Waals surface area contributed by atoms with E-state index in [-0.39, 0.29) is 23.1 Å². The molecule has 1 amide bonds. The van der Waals surface area contributed by atoms with Crippen LogP contribution in [0.5, 0.6) is 6.01 Å². The van der Waals surface area contributed by atoms with E-state index in [4.69, 9.17) is 10.5 Å². The van der Waals surface area contributed by atoms with Crippen LogP contribution >= 0.6 is 0 Å². The summed E-state index contributed by atoms with van der Waals surface area (Å²) in [5, 5.41) is 22.6. The highest BCUT2D eigenvalue weighted by molar-refractivity contribution is 6.57. The minimum atomic E-state index is -1.82. The first-order valence-electron chi connectivity index (χ1n) is 9.36. The molecule has 11 heteroatoms. The lowest BCUT2D eigenvalue weighted by Crippen LogP contribution is -2.34. The zero-order chi connectivity index (χ0) is 22.0. The van der Waals surface area contributed by atoms with Gasteiger partial charge in [0.25, 0.3) is 5.91 Å². The highest BCUT2D eigenvalue weighted by Gasteiger charge is 2.22. The van der Waals surface area contributed by atoms with Crippen molar-refractivity contribution in [3.63, 3.8) is 0 Å². The summed E-state index contributed by atoms with van der Waals surface area (Å²) in [4.78, 5) is 24.9. The Labute approximate surface area is 177 Å². The van der Waals surface area contributed by atoms with E-state index in [2.05, 4.69) is 20.3 Å². The molecule has 0 saturated carbocycles. The van der Waals surface area contributed by atoms with Gasteiger partial charge in [0.05, 0.1) is 23.8 Å². The van der Waals surface area contributed by atoms with Crippen molar-refractivity contribution in [3.8, 4) is 12.0 Å². The van der Waals surface area contributed by atoms with E-state index >= 15 is 0 Å². The summed E-state index contributed by atoms with van der Waals surface area (Å²) in [5.74, 6) is -0.183. The molecule has 5 N–H and O–H groups in total. The van der Waals surface area contributed by atoms with Crippen LogP contribution in [-0.2, 0) is 6.54 Å². The second-order valence-electron chi connectivity index (χ2n) is 6.66. The molecular formula is C20H19BN6O4. The molecule has 0 aliphatic heterocycles. The number of carbonyl (C=O) groups excluding carboxylic acids is 1. The molecule has 0 saturated heterocycles. The molecule has 156 valence electrons. The molecule has 0 spiro atoms. The van der Waals surface area contributed by atoms with Gasteiger partial charge in [-0.2, -0.15) is 9.97 Å². The van der Waals surface area contributed by atoms with Crippen molar-refractivity contribution in [1.82, 2.24) is 19.5 Å². The van der Waals surface area contributed by atoms with Crippen molar-refractivity contribution < 1.29 is 19.6 Å². The number of anilines is 1. The molecule has 2 heterocycles. The van der Waals surface area contributed by atoms with Gasteiger partial charge in [0.15, 0.2) is 0 Å². The predicted molar refractivity (Wildman–Crippen MR) is 115 cm³/mol. The first kappa shape index (κ1) is 20.3. The van der Waals surface area contributed by atoms with Crippen LogP contribution in [0.2, 0.25) is 0 Å². The molecule has 31 heavy (non-hydrogen) atoms. The molecule has 2 aromatic heterocycles. The Kier molecular flexibility index (Phi) is 5.52. The second-order valence-corrected chi connectivity index (χ2v) is 6.66.